The topological polar surface area (TPSA) is 62.8 Å². The maximum absolute atomic E-state index is 12.0. The molecule has 0 saturated carbocycles. The van der Waals surface area contributed by atoms with Gasteiger partial charge in [-0.05, 0) is 6.07 Å². The minimum absolute atomic E-state index is 0.0315. The van der Waals surface area contributed by atoms with Crippen LogP contribution in [0.5, 0.6) is 11.5 Å². The number of nitrogens with one attached hydrogen (secondary N) is 2. The Hall–Kier alpha value is -1.79. The van der Waals surface area contributed by atoms with Gasteiger partial charge in [0.1, 0.15) is 6.04 Å². The molecule has 1 amide bonds. The highest BCUT2D eigenvalue weighted by atomic mass is 16.5. The van der Waals surface area contributed by atoms with E-state index < -0.39 is 0 Å². The maximum Gasteiger partial charge on any atom is 0.238 e. The number of nitrogens with zero attached hydrogens (tertiary/aromatic N) is 1. The predicted octanol–water partition coefficient (Wildman–Crippen LogP) is 0.224. The number of ether oxygens (including phenoxy) is 2. The summed E-state index contributed by atoms with van der Waals surface area (Å²) in [5, 5.41) is 5.98. The number of para-hydroxylation sites is 1. The molecule has 116 valence electrons. The van der Waals surface area contributed by atoms with Gasteiger partial charge in [-0.1, -0.05) is 12.1 Å². The van der Waals surface area contributed by atoms with Gasteiger partial charge in [-0.2, -0.15) is 0 Å². The van der Waals surface area contributed by atoms with Crippen LogP contribution in [-0.2, 0) is 11.3 Å². The van der Waals surface area contributed by atoms with Crippen molar-refractivity contribution in [1.29, 1.82) is 0 Å². The van der Waals surface area contributed by atoms with Gasteiger partial charge < -0.3 is 20.1 Å². The van der Waals surface area contributed by atoms with Gasteiger partial charge >= 0.3 is 0 Å². The van der Waals surface area contributed by atoms with Crippen LogP contribution in [0.25, 0.3) is 0 Å². The molecule has 1 saturated heterocycles. The van der Waals surface area contributed by atoms with Crippen LogP contribution in [-0.4, -0.2) is 57.8 Å². The van der Waals surface area contributed by atoms with E-state index >= 15 is 0 Å². The van der Waals surface area contributed by atoms with Crippen molar-refractivity contribution < 1.29 is 14.3 Å². The van der Waals surface area contributed by atoms with E-state index in [4.69, 9.17) is 9.47 Å². The Kier molecular flexibility index (Phi) is 5.41. The van der Waals surface area contributed by atoms with E-state index in [1.807, 2.05) is 18.2 Å². The van der Waals surface area contributed by atoms with E-state index in [0.29, 0.717) is 18.8 Å². The minimum atomic E-state index is -0.167. The molecule has 1 heterocycles. The average Bonchev–Trinajstić information content (AvgIpc) is 2.54. The Labute approximate surface area is 125 Å². The molecule has 1 fully saturated rings. The zero-order valence-corrected chi connectivity index (χ0v) is 12.8. The van der Waals surface area contributed by atoms with E-state index in [1.54, 1.807) is 21.3 Å². The smallest absolute Gasteiger partial charge is 0.238 e. The number of piperazine rings is 1. The van der Waals surface area contributed by atoms with Crippen LogP contribution in [0.3, 0.4) is 0 Å². The SMILES string of the molecule is CNC(=O)C1CNCCN1Cc1cccc(OC)c1OC. The molecule has 1 aromatic carbocycles. The summed E-state index contributed by atoms with van der Waals surface area (Å²) >= 11 is 0. The van der Waals surface area contributed by atoms with Crippen molar-refractivity contribution in [3.63, 3.8) is 0 Å². The molecule has 0 aliphatic carbocycles. The lowest BCUT2D eigenvalue weighted by Gasteiger charge is -2.35. The number of hydrogen-bond acceptors (Lipinski definition) is 5. The summed E-state index contributed by atoms with van der Waals surface area (Å²) in [4.78, 5) is 14.2. The molecule has 1 aliphatic rings. The van der Waals surface area contributed by atoms with Gasteiger partial charge in [-0.25, -0.2) is 0 Å². The molecule has 2 N–H and O–H groups in total. The van der Waals surface area contributed by atoms with Gasteiger partial charge in [0.15, 0.2) is 11.5 Å². The van der Waals surface area contributed by atoms with Crippen molar-refractivity contribution in [2.75, 3.05) is 40.9 Å². The van der Waals surface area contributed by atoms with Crippen LogP contribution in [0.4, 0.5) is 0 Å². The molecule has 0 radical (unpaired) electrons. The van der Waals surface area contributed by atoms with E-state index in [-0.39, 0.29) is 11.9 Å². The maximum atomic E-state index is 12.0. The molecule has 21 heavy (non-hydrogen) atoms. The molecule has 1 aromatic rings. The highest BCUT2D eigenvalue weighted by Gasteiger charge is 2.28. The lowest BCUT2D eigenvalue weighted by Crippen LogP contribution is -2.56. The number of carbonyl (C=O) groups excluding carboxylic acids is 1. The Balaban J connectivity index is 2.21. The van der Waals surface area contributed by atoms with Gasteiger partial charge in [0.2, 0.25) is 5.91 Å². The van der Waals surface area contributed by atoms with Crippen LogP contribution in [0, 0.1) is 0 Å². The fourth-order valence-electron chi connectivity index (χ4n) is 2.66. The summed E-state index contributed by atoms with van der Waals surface area (Å²) in [5.41, 5.74) is 1.02. The molecular formula is C15H23N3O3. The number of methoxy groups -OCH3 is 2. The van der Waals surface area contributed by atoms with Crippen LogP contribution in [0.2, 0.25) is 0 Å². The molecule has 6 nitrogen and oxygen atoms in total. The fraction of sp³-hybridized carbons (Fsp3) is 0.533. The first kappa shape index (κ1) is 15.6. The Morgan fingerprint density at radius 3 is 2.90 bits per heavy atom. The number of rotatable bonds is 5. The number of amides is 1. The third kappa shape index (κ3) is 3.46. The Morgan fingerprint density at radius 2 is 2.24 bits per heavy atom. The molecule has 0 bridgehead atoms. The summed E-state index contributed by atoms with van der Waals surface area (Å²) < 4.78 is 10.8. The van der Waals surface area contributed by atoms with Crippen LogP contribution >= 0.6 is 0 Å². The largest absolute Gasteiger partial charge is 0.493 e. The summed E-state index contributed by atoms with van der Waals surface area (Å²) in [6.45, 7) is 3.00. The Bertz CT molecular complexity index is 493. The number of likely N-dealkylation sites (N-methyl/N-ethyl adjacent to an activating group) is 1. The van der Waals surface area contributed by atoms with Crippen molar-refractivity contribution in [1.82, 2.24) is 15.5 Å². The van der Waals surface area contributed by atoms with Gasteiger partial charge in [0.25, 0.3) is 0 Å². The quantitative estimate of drug-likeness (QED) is 0.813. The summed E-state index contributed by atoms with van der Waals surface area (Å²) in [6.07, 6.45) is 0. The molecule has 0 aromatic heterocycles. The summed E-state index contributed by atoms with van der Waals surface area (Å²) in [5.74, 6) is 1.47. The van der Waals surface area contributed by atoms with E-state index in [1.165, 1.54) is 0 Å². The first-order valence-electron chi connectivity index (χ1n) is 7.07. The standard InChI is InChI=1S/C15H23N3O3/c1-16-15(19)12-9-17-7-8-18(12)10-11-5-4-6-13(20-2)14(11)21-3/h4-6,12,17H,7-10H2,1-3H3,(H,16,19). The third-order valence-electron chi connectivity index (χ3n) is 3.76. The lowest BCUT2D eigenvalue weighted by atomic mass is 10.1. The van der Waals surface area contributed by atoms with Crippen LogP contribution in [0.1, 0.15) is 5.56 Å². The molecular weight excluding hydrogens is 270 g/mol. The minimum Gasteiger partial charge on any atom is -0.493 e. The monoisotopic (exact) mass is 293 g/mol. The second kappa shape index (κ2) is 7.28. The van der Waals surface area contributed by atoms with Crippen LogP contribution < -0.4 is 20.1 Å². The summed E-state index contributed by atoms with van der Waals surface area (Å²) in [6, 6.07) is 5.65. The number of carbonyl (C=O) groups is 1. The number of hydrogen-bond donors (Lipinski definition) is 2. The van der Waals surface area contributed by atoms with Crippen molar-refractivity contribution in [3.8, 4) is 11.5 Å². The van der Waals surface area contributed by atoms with Crippen molar-refractivity contribution in [2.45, 2.75) is 12.6 Å². The second-order valence-electron chi connectivity index (χ2n) is 4.96. The van der Waals surface area contributed by atoms with Gasteiger partial charge in [0, 0.05) is 38.8 Å². The number of benzene rings is 1. The van der Waals surface area contributed by atoms with Gasteiger partial charge in [0.05, 0.1) is 14.2 Å². The molecule has 1 unspecified atom stereocenters. The van der Waals surface area contributed by atoms with Gasteiger partial charge in [-0.3, -0.25) is 9.69 Å². The molecule has 6 heteroatoms. The van der Waals surface area contributed by atoms with Crippen LogP contribution in [0.15, 0.2) is 18.2 Å². The second-order valence-corrected chi connectivity index (χ2v) is 4.96. The molecule has 1 atom stereocenters. The van der Waals surface area contributed by atoms with Gasteiger partial charge in [-0.15, -0.1) is 0 Å². The van der Waals surface area contributed by atoms with Crippen molar-refractivity contribution >= 4 is 5.91 Å². The normalized spacial score (nSPS) is 19.1. The highest BCUT2D eigenvalue weighted by Crippen LogP contribution is 2.31. The first-order valence-corrected chi connectivity index (χ1v) is 7.07. The molecule has 0 spiro atoms. The predicted molar refractivity (Wildman–Crippen MR) is 80.7 cm³/mol. The lowest BCUT2D eigenvalue weighted by molar-refractivity contribution is -0.126. The first-order chi connectivity index (χ1) is 10.2. The Morgan fingerprint density at radius 1 is 1.43 bits per heavy atom. The zero-order chi connectivity index (χ0) is 15.2. The highest BCUT2D eigenvalue weighted by molar-refractivity contribution is 5.81. The van der Waals surface area contributed by atoms with Crippen molar-refractivity contribution in [3.05, 3.63) is 23.8 Å². The molecule has 2 rings (SSSR count). The van der Waals surface area contributed by atoms with E-state index in [9.17, 15) is 4.79 Å². The van der Waals surface area contributed by atoms with E-state index in [0.717, 1.165) is 24.4 Å². The fourth-order valence-corrected chi connectivity index (χ4v) is 2.66. The molecule has 1 aliphatic heterocycles. The van der Waals surface area contributed by atoms with Crippen molar-refractivity contribution in [2.24, 2.45) is 0 Å². The summed E-state index contributed by atoms with van der Waals surface area (Å²) in [7, 11) is 4.93. The average molecular weight is 293 g/mol. The zero-order valence-electron chi connectivity index (χ0n) is 12.8. The third-order valence-corrected chi connectivity index (χ3v) is 3.76. The van der Waals surface area contributed by atoms with E-state index in [2.05, 4.69) is 15.5 Å².